The third-order valence-electron chi connectivity index (χ3n) is 4.15. The van der Waals surface area contributed by atoms with Gasteiger partial charge in [-0.2, -0.15) is 4.98 Å². The van der Waals surface area contributed by atoms with Crippen LogP contribution in [0.3, 0.4) is 0 Å². The number of halogens is 2. The number of carbonyl (C=O) groups excluding carboxylic acids is 1. The van der Waals surface area contributed by atoms with Crippen molar-refractivity contribution >= 4 is 28.2 Å². The summed E-state index contributed by atoms with van der Waals surface area (Å²) in [5.41, 5.74) is 4.16. The molecular weight excluding hydrogens is 370 g/mol. The highest BCUT2D eigenvalue weighted by Crippen LogP contribution is 2.29. The molecule has 4 aromatic rings. The predicted octanol–water partition coefficient (Wildman–Crippen LogP) is 4.61. The lowest BCUT2D eigenvalue weighted by Gasteiger charge is -2.05. The Labute approximate surface area is 157 Å². The second kappa shape index (κ2) is 6.55. The quantitative estimate of drug-likeness (QED) is 0.561. The molecule has 8 heteroatoms. The number of benzene rings is 2. The lowest BCUT2D eigenvalue weighted by molar-refractivity contribution is 0.102. The van der Waals surface area contributed by atoms with E-state index in [1.807, 2.05) is 31.4 Å². The van der Waals surface area contributed by atoms with Crippen LogP contribution >= 0.6 is 11.3 Å². The first kappa shape index (κ1) is 17.3. The van der Waals surface area contributed by atoms with Gasteiger partial charge in [-0.3, -0.25) is 10.1 Å². The fraction of sp³-hybridized carbons (Fsp3) is 0.105. The van der Waals surface area contributed by atoms with Crippen LogP contribution in [0.2, 0.25) is 0 Å². The second-order valence-corrected chi connectivity index (χ2v) is 6.99. The highest BCUT2D eigenvalue weighted by molar-refractivity contribution is 7.15. The third-order valence-corrected chi connectivity index (χ3v) is 4.96. The summed E-state index contributed by atoms with van der Waals surface area (Å²) in [6.07, 6.45) is 0. The smallest absolute Gasteiger partial charge is 0.258 e. The molecular formula is C19H14F2N4OS. The van der Waals surface area contributed by atoms with Crippen LogP contribution in [0, 0.1) is 25.5 Å². The predicted molar refractivity (Wildman–Crippen MR) is 100 cm³/mol. The summed E-state index contributed by atoms with van der Waals surface area (Å²) in [5, 5.41) is 8.81. The number of hydrogen-bond acceptors (Lipinski definition) is 4. The lowest BCUT2D eigenvalue weighted by atomic mass is 10.0. The Hall–Kier alpha value is -3.13. The molecule has 1 amide bonds. The summed E-state index contributed by atoms with van der Waals surface area (Å²) in [5.74, 6) is -2.60. The molecule has 2 aromatic heterocycles. The molecule has 0 aliphatic carbocycles. The van der Waals surface area contributed by atoms with Gasteiger partial charge in [0.05, 0.1) is 5.69 Å². The van der Waals surface area contributed by atoms with E-state index in [0.717, 1.165) is 29.0 Å². The van der Waals surface area contributed by atoms with Gasteiger partial charge in [-0.1, -0.05) is 23.8 Å². The summed E-state index contributed by atoms with van der Waals surface area (Å²) in [6.45, 7) is 4.05. The Kier molecular flexibility index (Phi) is 4.19. The molecule has 0 aliphatic rings. The van der Waals surface area contributed by atoms with Crippen molar-refractivity contribution in [3.05, 3.63) is 70.1 Å². The first-order valence-corrected chi connectivity index (χ1v) is 8.98. The van der Waals surface area contributed by atoms with Crippen molar-refractivity contribution in [3.8, 4) is 11.3 Å². The molecule has 0 radical (unpaired) electrons. The Bertz CT molecular complexity index is 1180. The summed E-state index contributed by atoms with van der Waals surface area (Å²) < 4.78 is 28.0. The molecule has 0 spiro atoms. The van der Waals surface area contributed by atoms with E-state index in [1.165, 1.54) is 23.0 Å². The monoisotopic (exact) mass is 384 g/mol. The van der Waals surface area contributed by atoms with Crippen LogP contribution < -0.4 is 5.32 Å². The van der Waals surface area contributed by atoms with Crippen molar-refractivity contribution in [3.63, 3.8) is 0 Å². The third kappa shape index (κ3) is 3.19. The van der Waals surface area contributed by atoms with Crippen LogP contribution in [0.5, 0.6) is 0 Å². The van der Waals surface area contributed by atoms with E-state index >= 15 is 0 Å². The molecule has 0 aliphatic heterocycles. The van der Waals surface area contributed by atoms with E-state index in [0.29, 0.717) is 4.96 Å². The molecule has 0 bridgehead atoms. The van der Waals surface area contributed by atoms with Gasteiger partial charge in [-0.05, 0) is 37.6 Å². The normalized spacial score (nSPS) is 11.1. The van der Waals surface area contributed by atoms with Crippen LogP contribution in [0.25, 0.3) is 16.2 Å². The van der Waals surface area contributed by atoms with Gasteiger partial charge in [0.15, 0.2) is 11.6 Å². The Balaban J connectivity index is 1.65. The molecule has 0 fully saturated rings. The number of aromatic nitrogens is 3. The van der Waals surface area contributed by atoms with Crippen LogP contribution in [-0.2, 0) is 0 Å². The van der Waals surface area contributed by atoms with Crippen molar-refractivity contribution in [2.45, 2.75) is 13.8 Å². The maximum atomic E-state index is 13.3. The van der Waals surface area contributed by atoms with Gasteiger partial charge in [-0.15, -0.1) is 16.4 Å². The average Bonchev–Trinajstić information content (AvgIpc) is 3.18. The highest BCUT2D eigenvalue weighted by atomic mass is 32.1. The first-order chi connectivity index (χ1) is 12.9. The molecule has 0 saturated carbocycles. The average molecular weight is 384 g/mol. The largest absolute Gasteiger partial charge is 0.289 e. The van der Waals surface area contributed by atoms with Gasteiger partial charge in [0.25, 0.3) is 11.9 Å². The number of thiazole rings is 1. The number of anilines is 1. The van der Waals surface area contributed by atoms with Crippen LogP contribution in [0.1, 0.15) is 21.5 Å². The topological polar surface area (TPSA) is 59.3 Å². The van der Waals surface area contributed by atoms with Gasteiger partial charge in [-0.25, -0.2) is 13.3 Å². The second-order valence-electron chi connectivity index (χ2n) is 6.15. The van der Waals surface area contributed by atoms with Crippen LogP contribution in [0.15, 0.2) is 41.8 Å². The van der Waals surface area contributed by atoms with Crippen molar-refractivity contribution in [2.75, 3.05) is 5.32 Å². The lowest BCUT2D eigenvalue weighted by Crippen LogP contribution is -2.13. The number of carbonyl (C=O) groups is 1. The van der Waals surface area contributed by atoms with E-state index < -0.39 is 17.5 Å². The number of nitrogens with one attached hydrogen (secondary N) is 1. The standard InChI is InChI=1S/C19H14F2N4OS/c1-10-3-5-13(11(2)7-10)16-9-27-19-23-18(24-25(16)19)22-17(26)12-4-6-14(20)15(21)8-12/h3-9H,1-2H3,(H,22,24,26). The fourth-order valence-corrected chi connectivity index (χ4v) is 3.65. The van der Waals surface area contributed by atoms with E-state index in [1.54, 1.807) is 4.52 Å². The van der Waals surface area contributed by atoms with Gasteiger partial charge in [0, 0.05) is 16.5 Å². The summed E-state index contributed by atoms with van der Waals surface area (Å²) in [7, 11) is 0. The van der Waals surface area contributed by atoms with E-state index in [2.05, 4.69) is 21.5 Å². The number of nitrogens with zero attached hydrogens (tertiary/aromatic N) is 3. The zero-order valence-electron chi connectivity index (χ0n) is 14.5. The Morgan fingerprint density at radius 2 is 1.93 bits per heavy atom. The molecule has 5 nitrogen and oxygen atoms in total. The number of rotatable bonds is 3. The van der Waals surface area contributed by atoms with E-state index in [4.69, 9.17) is 0 Å². The SMILES string of the molecule is Cc1ccc(-c2csc3nc(NC(=O)c4ccc(F)c(F)c4)nn23)c(C)c1. The van der Waals surface area contributed by atoms with Gasteiger partial charge >= 0.3 is 0 Å². The molecule has 4 rings (SSSR count). The summed E-state index contributed by atoms with van der Waals surface area (Å²) in [6, 6.07) is 9.07. The zero-order valence-corrected chi connectivity index (χ0v) is 15.3. The van der Waals surface area contributed by atoms with E-state index in [-0.39, 0.29) is 11.5 Å². The Morgan fingerprint density at radius 1 is 1.11 bits per heavy atom. The minimum Gasteiger partial charge on any atom is -0.289 e. The fourth-order valence-electron chi connectivity index (χ4n) is 2.83. The van der Waals surface area contributed by atoms with Crippen molar-refractivity contribution in [1.82, 2.24) is 14.6 Å². The minimum absolute atomic E-state index is 0.0124. The Morgan fingerprint density at radius 3 is 2.67 bits per heavy atom. The first-order valence-electron chi connectivity index (χ1n) is 8.10. The number of fused-ring (bicyclic) bond motifs is 1. The minimum atomic E-state index is -1.08. The van der Waals surface area contributed by atoms with Gasteiger partial charge in [0.1, 0.15) is 0 Å². The summed E-state index contributed by atoms with van der Waals surface area (Å²) in [4.78, 5) is 17.1. The van der Waals surface area contributed by atoms with Gasteiger partial charge in [0.2, 0.25) is 4.96 Å². The molecule has 1 N–H and O–H groups in total. The molecule has 0 unspecified atom stereocenters. The van der Waals surface area contributed by atoms with Crippen LogP contribution in [-0.4, -0.2) is 20.5 Å². The van der Waals surface area contributed by atoms with Crippen molar-refractivity contribution in [1.29, 1.82) is 0 Å². The van der Waals surface area contributed by atoms with Crippen molar-refractivity contribution in [2.24, 2.45) is 0 Å². The number of amides is 1. The highest BCUT2D eigenvalue weighted by Gasteiger charge is 2.16. The molecule has 0 saturated heterocycles. The van der Waals surface area contributed by atoms with Crippen LogP contribution in [0.4, 0.5) is 14.7 Å². The van der Waals surface area contributed by atoms with Gasteiger partial charge < -0.3 is 0 Å². The molecule has 27 heavy (non-hydrogen) atoms. The maximum Gasteiger partial charge on any atom is 0.258 e. The molecule has 0 atom stereocenters. The number of aryl methyl sites for hydroxylation is 2. The molecule has 2 heterocycles. The maximum absolute atomic E-state index is 13.3. The molecule has 136 valence electrons. The van der Waals surface area contributed by atoms with E-state index in [9.17, 15) is 13.6 Å². The molecule has 2 aromatic carbocycles. The number of hydrogen-bond donors (Lipinski definition) is 1. The van der Waals surface area contributed by atoms with Crippen molar-refractivity contribution < 1.29 is 13.6 Å². The zero-order chi connectivity index (χ0) is 19.1. The summed E-state index contributed by atoms with van der Waals surface area (Å²) >= 11 is 1.40.